The number of benzene rings is 2. The predicted molar refractivity (Wildman–Crippen MR) is 130 cm³/mol. The van der Waals surface area contributed by atoms with Crippen LogP contribution in [0.5, 0.6) is 11.5 Å². The minimum absolute atomic E-state index is 0.00602. The van der Waals surface area contributed by atoms with Crippen LogP contribution in [-0.2, 0) is 11.2 Å². The number of methoxy groups -OCH3 is 1. The molecule has 0 saturated carbocycles. The predicted octanol–water partition coefficient (Wildman–Crippen LogP) is 2.66. The van der Waals surface area contributed by atoms with E-state index in [9.17, 15) is 14.7 Å². The molecule has 9 nitrogen and oxygen atoms in total. The first-order valence-electron chi connectivity index (χ1n) is 11.9. The molecule has 3 aromatic rings. The van der Waals surface area contributed by atoms with Crippen molar-refractivity contribution < 1.29 is 28.9 Å². The number of hydrogen-bond donors (Lipinski definition) is 4. The molecule has 36 heavy (non-hydrogen) atoms. The number of carbonyl (C=O) groups is 2. The molecule has 2 aliphatic rings. The number of hydrogen-bond acceptors (Lipinski definition) is 6. The Morgan fingerprint density at radius 2 is 2.06 bits per heavy atom. The molecular formula is C26H29FN4O5. The molecular weight excluding hydrogens is 467 g/mol. The molecule has 5 rings (SSSR count). The number of aliphatic hydroxyl groups excluding tert-OH is 1. The summed E-state index contributed by atoms with van der Waals surface area (Å²) in [5.74, 6) is -0.752. The van der Waals surface area contributed by atoms with Crippen molar-refractivity contribution in [3.8, 4) is 11.5 Å². The number of imide groups is 1. The molecule has 3 heterocycles. The number of aromatic hydroxyl groups is 1. The topological polar surface area (TPSA) is 118 Å². The molecule has 2 aromatic carbocycles. The molecule has 190 valence electrons. The van der Waals surface area contributed by atoms with Crippen molar-refractivity contribution in [3.63, 3.8) is 0 Å². The lowest BCUT2D eigenvalue weighted by Gasteiger charge is -2.42. The van der Waals surface area contributed by atoms with Crippen molar-refractivity contribution in [2.45, 2.75) is 31.3 Å². The Balaban J connectivity index is 1.63. The number of aromatic nitrogens is 1. The van der Waals surface area contributed by atoms with Gasteiger partial charge in [-0.05, 0) is 55.3 Å². The molecule has 0 spiro atoms. The van der Waals surface area contributed by atoms with Crippen molar-refractivity contribution >= 4 is 22.8 Å². The van der Waals surface area contributed by atoms with E-state index in [1.807, 2.05) is 0 Å². The molecule has 2 aliphatic heterocycles. The van der Waals surface area contributed by atoms with Crippen LogP contribution in [0.1, 0.15) is 36.2 Å². The Labute approximate surface area is 207 Å². The third-order valence-corrected chi connectivity index (χ3v) is 7.16. The Hall–Kier alpha value is -3.63. The smallest absolute Gasteiger partial charge is 0.328 e. The number of nitrogens with one attached hydrogen (secondary N) is 2. The third kappa shape index (κ3) is 3.59. The number of phenolic OH excluding ortho intramolecular Hbond substituents is 1. The summed E-state index contributed by atoms with van der Waals surface area (Å²) in [6.07, 6.45) is 0.657. The Kier molecular flexibility index (Phi) is 6.09. The number of urea groups is 1. The maximum atomic E-state index is 15.5. The number of carbonyl (C=O) groups excluding carboxylic acids is 2. The van der Waals surface area contributed by atoms with Crippen molar-refractivity contribution in [1.29, 1.82) is 0 Å². The number of amides is 3. The van der Waals surface area contributed by atoms with Crippen LogP contribution in [0.3, 0.4) is 0 Å². The van der Waals surface area contributed by atoms with Crippen LogP contribution in [0.4, 0.5) is 9.18 Å². The van der Waals surface area contributed by atoms with E-state index < -0.39 is 23.4 Å². The molecule has 4 N–H and O–H groups in total. The minimum Gasteiger partial charge on any atom is -0.508 e. The van der Waals surface area contributed by atoms with E-state index in [0.717, 1.165) is 0 Å². The van der Waals surface area contributed by atoms with E-state index in [2.05, 4.69) is 10.3 Å². The van der Waals surface area contributed by atoms with Gasteiger partial charge in [0, 0.05) is 36.1 Å². The second-order valence-electron chi connectivity index (χ2n) is 9.41. The molecule has 0 bridgehead atoms. The normalized spacial score (nSPS) is 21.3. The van der Waals surface area contributed by atoms with Crippen LogP contribution in [-0.4, -0.2) is 75.8 Å². The first-order valence-corrected chi connectivity index (χ1v) is 11.9. The van der Waals surface area contributed by atoms with Gasteiger partial charge in [-0.15, -0.1) is 0 Å². The van der Waals surface area contributed by atoms with Gasteiger partial charge in [0.15, 0.2) is 11.6 Å². The summed E-state index contributed by atoms with van der Waals surface area (Å²) in [4.78, 5) is 33.6. The second-order valence-corrected chi connectivity index (χ2v) is 9.41. The van der Waals surface area contributed by atoms with Gasteiger partial charge in [-0.2, -0.15) is 0 Å². The fraction of sp³-hybridized carbons (Fsp3) is 0.385. The van der Waals surface area contributed by atoms with Gasteiger partial charge in [0.25, 0.3) is 5.91 Å². The van der Waals surface area contributed by atoms with Crippen LogP contribution < -0.4 is 10.1 Å². The van der Waals surface area contributed by atoms with E-state index in [1.165, 1.54) is 24.1 Å². The monoisotopic (exact) mass is 496 g/mol. The highest BCUT2D eigenvalue weighted by Gasteiger charge is 2.60. The summed E-state index contributed by atoms with van der Waals surface area (Å²) < 4.78 is 20.7. The van der Waals surface area contributed by atoms with Crippen molar-refractivity contribution in [3.05, 3.63) is 59.0 Å². The summed E-state index contributed by atoms with van der Waals surface area (Å²) in [6, 6.07) is 8.63. The Morgan fingerprint density at radius 1 is 1.25 bits per heavy atom. The molecule has 1 saturated heterocycles. The van der Waals surface area contributed by atoms with Gasteiger partial charge in [0.1, 0.15) is 17.3 Å². The SMILES string of the molecule is COc1ccc2[nH]c3c(c2c1F)CC1(C)C(=O)N(CCCNCCO)C(=O)N1C3c1cccc(O)c1. The second kappa shape index (κ2) is 9.11. The minimum atomic E-state index is -1.25. The number of H-pyrrole nitrogens is 1. The number of fused-ring (bicyclic) bond motifs is 4. The number of rotatable bonds is 8. The molecule has 10 heteroatoms. The highest BCUT2D eigenvalue weighted by molar-refractivity contribution is 6.08. The lowest BCUT2D eigenvalue weighted by molar-refractivity contribution is -0.133. The van der Waals surface area contributed by atoms with E-state index in [4.69, 9.17) is 9.84 Å². The van der Waals surface area contributed by atoms with Crippen LogP contribution in [0.2, 0.25) is 0 Å². The lowest BCUT2D eigenvalue weighted by Crippen LogP contribution is -2.53. The highest BCUT2D eigenvalue weighted by Crippen LogP contribution is 2.49. The van der Waals surface area contributed by atoms with Crippen LogP contribution in [0.25, 0.3) is 10.9 Å². The van der Waals surface area contributed by atoms with Crippen molar-refractivity contribution in [2.24, 2.45) is 0 Å². The summed E-state index contributed by atoms with van der Waals surface area (Å²) in [5, 5.41) is 22.5. The Bertz CT molecular complexity index is 1340. The van der Waals surface area contributed by atoms with E-state index in [0.29, 0.717) is 47.2 Å². The molecule has 3 amide bonds. The molecule has 0 radical (unpaired) electrons. The van der Waals surface area contributed by atoms with Gasteiger partial charge in [-0.25, -0.2) is 9.18 Å². The number of ether oxygens (including phenoxy) is 1. The molecule has 2 atom stereocenters. The highest BCUT2D eigenvalue weighted by atomic mass is 19.1. The third-order valence-electron chi connectivity index (χ3n) is 7.16. The quantitative estimate of drug-likeness (QED) is 0.281. The number of nitrogens with zero attached hydrogens (tertiary/aromatic N) is 2. The van der Waals surface area contributed by atoms with Crippen LogP contribution in [0, 0.1) is 5.82 Å². The van der Waals surface area contributed by atoms with Crippen molar-refractivity contribution in [1.82, 2.24) is 20.1 Å². The van der Waals surface area contributed by atoms with Gasteiger partial charge in [0.2, 0.25) is 0 Å². The van der Waals surface area contributed by atoms with Crippen LogP contribution in [0.15, 0.2) is 36.4 Å². The zero-order chi connectivity index (χ0) is 25.6. The van der Waals surface area contributed by atoms with Gasteiger partial charge in [0.05, 0.1) is 13.7 Å². The summed E-state index contributed by atoms with van der Waals surface area (Å²) >= 11 is 0. The average Bonchev–Trinajstić information content (AvgIpc) is 3.31. The van der Waals surface area contributed by atoms with Gasteiger partial charge < -0.3 is 25.3 Å². The Morgan fingerprint density at radius 3 is 2.78 bits per heavy atom. The molecule has 0 aliphatic carbocycles. The van der Waals surface area contributed by atoms with E-state index >= 15 is 4.39 Å². The zero-order valence-electron chi connectivity index (χ0n) is 20.2. The van der Waals surface area contributed by atoms with Crippen LogP contribution >= 0.6 is 0 Å². The van der Waals surface area contributed by atoms with Gasteiger partial charge in [-0.1, -0.05) is 12.1 Å². The first-order chi connectivity index (χ1) is 17.3. The maximum absolute atomic E-state index is 15.5. The number of halogens is 1. The van der Waals surface area contributed by atoms with E-state index in [-0.39, 0.29) is 37.0 Å². The number of aromatic amines is 1. The first kappa shape index (κ1) is 24.1. The number of aliphatic hydroxyl groups is 1. The standard InChI is InChI=1S/C26H29FN4O5/c1-26-14-17-20-18(7-8-19(36-2)21(20)27)29-22(17)23(15-5-3-6-16(33)13-15)31(26)25(35)30(24(26)34)11-4-9-28-10-12-32/h3,5-8,13,23,28-29,32-33H,4,9-12,14H2,1-2H3. The van der Waals surface area contributed by atoms with E-state index in [1.54, 1.807) is 36.1 Å². The van der Waals surface area contributed by atoms with Crippen molar-refractivity contribution in [2.75, 3.05) is 33.4 Å². The molecule has 1 aromatic heterocycles. The fourth-order valence-electron chi connectivity index (χ4n) is 5.51. The summed E-state index contributed by atoms with van der Waals surface area (Å²) in [7, 11) is 1.40. The number of phenols is 1. The van der Waals surface area contributed by atoms with Gasteiger partial charge >= 0.3 is 6.03 Å². The molecule has 1 fully saturated rings. The lowest BCUT2D eigenvalue weighted by atomic mass is 9.81. The largest absolute Gasteiger partial charge is 0.508 e. The zero-order valence-corrected chi connectivity index (χ0v) is 20.2. The fourth-order valence-corrected chi connectivity index (χ4v) is 5.51. The van der Waals surface area contributed by atoms with Gasteiger partial charge in [-0.3, -0.25) is 14.6 Å². The average molecular weight is 497 g/mol. The summed E-state index contributed by atoms with van der Waals surface area (Å²) in [6.45, 7) is 2.91. The summed E-state index contributed by atoms with van der Waals surface area (Å²) in [5.41, 5.74) is 1.12. The maximum Gasteiger partial charge on any atom is 0.328 e. The molecule has 2 unspecified atom stereocenters.